The number of hydrogen-bond donors (Lipinski definition) is 0. The molecule has 0 atom stereocenters. The van der Waals surface area contributed by atoms with Gasteiger partial charge in [0.2, 0.25) is 0 Å². The van der Waals surface area contributed by atoms with Crippen molar-refractivity contribution in [2.75, 3.05) is 6.61 Å². The van der Waals surface area contributed by atoms with Crippen LogP contribution in [-0.2, 0) is 0 Å². The zero-order chi connectivity index (χ0) is 8.55. The molecule has 0 amide bonds. The molecule has 1 aliphatic rings. The molecule has 2 rings (SSSR count). The van der Waals surface area contributed by atoms with Crippen LogP contribution in [0.5, 0.6) is 5.75 Å². The molecule has 5 heteroatoms. The number of ketones is 1. The second-order valence-electron chi connectivity index (χ2n) is 2.66. The van der Waals surface area contributed by atoms with Gasteiger partial charge in [-0.15, -0.1) is 0 Å². The molecular weight excluding hydrogens is 254 g/mol. The summed E-state index contributed by atoms with van der Waals surface area (Å²) in [5, 5.41) is 0. The molecule has 0 N–H and O–H groups in total. The first-order valence-corrected chi connectivity index (χ1v) is 4.52. The van der Waals surface area contributed by atoms with Gasteiger partial charge in [0.1, 0.15) is 5.75 Å². The van der Waals surface area contributed by atoms with Gasteiger partial charge in [-0.1, -0.05) is 24.3 Å². The number of hydrogen-bond acceptors (Lipinski definition) is 2. The Hall–Kier alpha value is 0.235. The van der Waals surface area contributed by atoms with Crippen molar-refractivity contribution < 1.29 is 39.1 Å². The summed E-state index contributed by atoms with van der Waals surface area (Å²) in [5.74, 6) is 0.865. The van der Waals surface area contributed by atoms with Gasteiger partial charge in [0, 0.05) is 10.9 Å². The Kier molecular flexibility index (Phi) is 6.06. The first-order valence-electron chi connectivity index (χ1n) is 3.73. The van der Waals surface area contributed by atoms with E-state index in [-0.39, 0.29) is 43.8 Å². The van der Waals surface area contributed by atoms with E-state index in [1.54, 1.807) is 6.07 Å². The average Bonchev–Trinajstić information content (AvgIpc) is 2.04. The Morgan fingerprint density at radius 3 is 2.79 bits per heavy atom. The summed E-state index contributed by atoms with van der Waals surface area (Å²) in [6.07, 6.45) is 0.495. The van der Waals surface area contributed by atoms with Crippen LogP contribution < -0.4 is 34.3 Å². The Labute approximate surface area is 115 Å². The average molecular weight is 265 g/mol. The van der Waals surface area contributed by atoms with Crippen LogP contribution in [0, 0.1) is 0 Å². The summed E-state index contributed by atoms with van der Waals surface area (Å²) >= 11 is 3.32. The number of rotatable bonds is 0. The first kappa shape index (κ1) is 14.2. The summed E-state index contributed by atoms with van der Waals surface area (Å²) in [4.78, 5) is 11.3. The van der Waals surface area contributed by atoms with Gasteiger partial charge in [-0.25, -0.2) is 0 Å². The van der Waals surface area contributed by atoms with Gasteiger partial charge < -0.3 is 4.74 Å². The Balaban J connectivity index is 0.000000845. The number of fused-ring (bicyclic) bond motifs is 1. The zero-order valence-corrected chi connectivity index (χ0v) is 10.9. The fraction of sp³-hybridized carbons (Fsp3) is 0.222. The Morgan fingerprint density at radius 2 is 2.07 bits per heavy atom. The number of carbonyl (C=O) groups excluding carboxylic acids is 1. The van der Waals surface area contributed by atoms with Crippen LogP contribution in [-0.4, -0.2) is 20.8 Å². The van der Waals surface area contributed by atoms with Gasteiger partial charge in [0.05, 0.1) is 12.2 Å². The predicted octanol–water partition coefficient (Wildman–Crippen LogP) is -2.03. The van der Waals surface area contributed by atoms with Crippen LogP contribution in [0.1, 0.15) is 16.8 Å². The number of ether oxygens (including phenoxy) is 1. The molecule has 0 aromatic heterocycles. The molecule has 1 heterocycles. The van der Waals surface area contributed by atoms with E-state index in [0.717, 1.165) is 4.47 Å². The van der Waals surface area contributed by atoms with Crippen molar-refractivity contribution in [2.24, 2.45) is 0 Å². The number of halogens is 1. The van der Waals surface area contributed by atoms with Crippen LogP contribution in [0.3, 0.4) is 0 Å². The van der Waals surface area contributed by atoms with E-state index >= 15 is 0 Å². The van der Waals surface area contributed by atoms with Crippen LogP contribution in [0.25, 0.3) is 0 Å². The van der Waals surface area contributed by atoms with Crippen LogP contribution in [0.15, 0.2) is 22.7 Å². The van der Waals surface area contributed by atoms with E-state index in [0.29, 0.717) is 24.3 Å². The molecule has 1 aliphatic heterocycles. The maximum Gasteiger partial charge on any atom is 1.00 e. The molecule has 0 bridgehead atoms. The van der Waals surface area contributed by atoms with Gasteiger partial charge >= 0.3 is 29.6 Å². The van der Waals surface area contributed by atoms with Crippen molar-refractivity contribution in [3.8, 4) is 5.75 Å². The van der Waals surface area contributed by atoms with Crippen molar-refractivity contribution in [2.45, 2.75) is 6.42 Å². The quantitative estimate of drug-likeness (QED) is 0.505. The molecule has 0 spiro atoms. The van der Waals surface area contributed by atoms with E-state index in [1.807, 2.05) is 12.1 Å². The Bertz CT molecular complexity index is 344. The second kappa shape index (κ2) is 5.96. The van der Waals surface area contributed by atoms with Gasteiger partial charge in [-0.3, -0.25) is 4.79 Å². The largest absolute Gasteiger partial charge is 1.00 e. The zero-order valence-electron chi connectivity index (χ0n) is 7.34. The number of Topliss-reactive ketones (excluding diaryl/α,β-unsaturated/α-hetero) is 1. The first-order chi connectivity index (χ1) is 5.77. The molecule has 1 aromatic rings. The van der Waals surface area contributed by atoms with Crippen molar-refractivity contribution in [1.29, 1.82) is 0 Å². The Morgan fingerprint density at radius 1 is 1.36 bits per heavy atom. The van der Waals surface area contributed by atoms with Gasteiger partial charge in [0.25, 0.3) is 0 Å². The SMILES string of the molecule is O=C1CCOc2cc(Br)ccc21.[BH4-].[Na+]. The van der Waals surface area contributed by atoms with Crippen LogP contribution in [0.2, 0.25) is 0 Å². The molecule has 0 unspecified atom stereocenters. The third-order valence-corrected chi connectivity index (χ3v) is 2.32. The predicted molar refractivity (Wildman–Crippen MR) is 59.9 cm³/mol. The maximum atomic E-state index is 11.3. The van der Waals surface area contributed by atoms with Crippen molar-refractivity contribution in [1.82, 2.24) is 0 Å². The second-order valence-corrected chi connectivity index (χ2v) is 3.58. The van der Waals surface area contributed by atoms with E-state index < -0.39 is 0 Å². The van der Waals surface area contributed by atoms with Crippen molar-refractivity contribution in [3.05, 3.63) is 28.2 Å². The standard InChI is InChI=1S/C9H7BrO2.BH4.Na/c10-6-1-2-7-8(11)3-4-12-9(7)5-6;;/h1-2,5H,3-4H2;1H4;/q;-1;+1. The minimum atomic E-state index is 0. The molecule has 14 heavy (non-hydrogen) atoms. The monoisotopic (exact) mass is 264 g/mol. The van der Waals surface area contributed by atoms with E-state index in [2.05, 4.69) is 15.9 Å². The minimum Gasteiger partial charge on any atom is -0.492 e. The third kappa shape index (κ3) is 2.86. The molecule has 0 fully saturated rings. The topological polar surface area (TPSA) is 26.3 Å². The molecule has 0 saturated heterocycles. The molecule has 1 aromatic carbocycles. The summed E-state index contributed by atoms with van der Waals surface area (Å²) < 4.78 is 6.26. The van der Waals surface area contributed by atoms with E-state index in [4.69, 9.17) is 4.74 Å². The van der Waals surface area contributed by atoms with Crippen molar-refractivity contribution >= 4 is 30.1 Å². The summed E-state index contributed by atoms with van der Waals surface area (Å²) in [7, 11) is 0. The fourth-order valence-electron chi connectivity index (χ4n) is 1.23. The summed E-state index contributed by atoms with van der Waals surface area (Å²) in [6.45, 7) is 0.502. The van der Waals surface area contributed by atoms with Crippen molar-refractivity contribution in [3.63, 3.8) is 0 Å². The molecule has 0 radical (unpaired) electrons. The fourth-order valence-corrected chi connectivity index (χ4v) is 1.57. The summed E-state index contributed by atoms with van der Waals surface area (Å²) in [5.41, 5.74) is 0.699. The molecule has 2 nitrogen and oxygen atoms in total. The minimum absolute atomic E-state index is 0. The van der Waals surface area contributed by atoms with E-state index in [9.17, 15) is 4.79 Å². The van der Waals surface area contributed by atoms with E-state index in [1.165, 1.54) is 0 Å². The summed E-state index contributed by atoms with van der Waals surface area (Å²) in [6, 6.07) is 5.47. The normalized spacial score (nSPS) is 13.1. The molecule has 0 saturated carbocycles. The van der Waals surface area contributed by atoms with Gasteiger partial charge in [-0.05, 0) is 18.2 Å². The van der Waals surface area contributed by atoms with Crippen LogP contribution in [0.4, 0.5) is 0 Å². The van der Waals surface area contributed by atoms with Crippen LogP contribution >= 0.6 is 15.9 Å². The van der Waals surface area contributed by atoms with Gasteiger partial charge in [-0.2, -0.15) is 0 Å². The maximum absolute atomic E-state index is 11.3. The third-order valence-electron chi connectivity index (χ3n) is 1.83. The smallest absolute Gasteiger partial charge is 0.492 e. The molecule has 0 aliphatic carbocycles. The number of carbonyl (C=O) groups is 1. The van der Waals surface area contributed by atoms with Gasteiger partial charge in [0.15, 0.2) is 5.78 Å². The molecular formula is C9H11BBrNaO2. The number of benzene rings is 1. The molecule has 70 valence electrons.